The van der Waals surface area contributed by atoms with E-state index in [4.69, 9.17) is 10.3 Å². The van der Waals surface area contributed by atoms with E-state index in [1.165, 1.54) is 18.2 Å². The maximum absolute atomic E-state index is 13.6. The first-order chi connectivity index (χ1) is 17.7. The molecule has 1 aromatic rings. The van der Waals surface area contributed by atoms with Gasteiger partial charge in [-0.3, -0.25) is 29.0 Å². The van der Waals surface area contributed by atoms with Gasteiger partial charge in [-0.05, 0) is 49.8 Å². The number of fused-ring (bicyclic) bond motifs is 1. The van der Waals surface area contributed by atoms with Crippen LogP contribution in [-0.2, 0) is 19.2 Å². The second kappa shape index (κ2) is 12.3. The molecule has 0 saturated carbocycles. The second-order valence-corrected chi connectivity index (χ2v) is 9.49. The average molecular weight is 513 g/mol. The molecule has 2 aliphatic rings. The summed E-state index contributed by atoms with van der Waals surface area (Å²) in [5, 5.41) is 7.75. The Bertz CT molecular complexity index is 1110. The van der Waals surface area contributed by atoms with Crippen molar-refractivity contribution in [2.45, 2.75) is 64.1 Å². The third-order valence-electron chi connectivity index (χ3n) is 6.35. The number of ketones is 1. The molecule has 3 rings (SSSR count). The van der Waals surface area contributed by atoms with Crippen molar-refractivity contribution in [2.75, 3.05) is 13.7 Å². The smallest absolute Gasteiger partial charge is 0.325 e. The van der Waals surface area contributed by atoms with Gasteiger partial charge in [-0.2, -0.15) is 4.79 Å². The Morgan fingerprint density at radius 3 is 2.68 bits per heavy atom. The number of amides is 4. The van der Waals surface area contributed by atoms with E-state index in [9.17, 15) is 24.0 Å². The summed E-state index contributed by atoms with van der Waals surface area (Å²) in [6.45, 7) is 4.01. The number of carbonyl (C=O) groups excluding carboxylic acids is 5. The molecule has 2 aliphatic heterocycles. The topological polar surface area (TPSA) is 162 Å². The van der Waals surface area contributed by atoms with Gasteiger partial charge in [0.05, 0.1) is 13.2 Å². The third kappa shape index (κ3) is 6.59. The normalized spacial score (nSPS) is 20.3. The molecular weight excluding hydrogens is 480 g/mol. The largest absolute Gasteiger partial charge is 0.497 e. The number of hydrogen-bond acceptors (Lipinski definition) is 6. The van der Waals surface area contributed by atoms with Crippen LogP contribution in [0.4, 0.5) is 0 Å². The number of rotatable bonds is 9. The Hall–Kier alpha value is -4.05. The van der Waals surface area contributed by atoms with Gasteiger partial charge in [0.25, 0.3) is 17.6 Å². The number of nitrogens with one attached hydrogen (secondary N) is 2. The quantitative estimate of drug-likeness (QED) is 0.281. The summed E-state index contributed by atoms with van der Waals surface area (Å²) in [5.41, 5.74) is 9.05. The number of hydrazine groups is 1. The molecule has 0 aromatic heterocycles. The molecular formula is C25H32N6O6. The van der Waals surface area contributed by atoms with Crippen molar-refractivity contribution in [3.05, 3.63) is 35.4 Å². The standard InChI is InChI=1S/C25H32N6O6/c1-15(2)12-19(21(32)14-27-26)29-24(35)20-8-5-11-30-22(33)10-9-18(25(36)31(20)30)28-23(34)16-6-4-7-17(13-16)37-3/h4,6-7,13-15,18-20H,5,8-12H2,1-3H3,(H,28,34)(H,29,35)/t18-,19-,20-/m0/s1. The lowest BCUT2D eigenvalue weighted by Gasteiger charge is -2.43. The summed E-state index contributed by atoms with van der Waals surface area (Å²) < 4.78 is 5.15. The first-order valence-electron chi connectivity index (χ1n) is 12.3. The lowest BCUT2D eigenvalue weighted by atomic mass is 9.99. The van der Waals surface area contributed by atoms with Crippen molar-refractivity contribution in [1.29, 1.82) is 0 Å². The van der Waals surface area contributed by atoms with Crippen LogP contribution in [0.2, 0.25) is 0 Å². The van der Waals surface area contributed by atoms with Crippen molar-refractivity contribution in [2.24, 2.45) is 5.92 Å². The Kier molecular flexibility index (Phi) is 9.13. The zero-order valence-corrected chi connectivity index (χ0v) is 21.2. The van der Waals surface area contributed by atoms with Crippen LogP contribution in [0.3, 0.4) is 0 Å². The van der Waals surface area contributed by atoms with Crippen molar-refractivity contribution >= 4 is 35.6 Å². The van der Waals surface area contributed by atoms with Gasteiger partial charge < -0.3 is 20.9 Å². The summed E-state index contributed by atoms with van der Waals surface area (Å²) in [4.78, 5) is 67.9. The van der Waals surface area contributed by atoms with E-state index >= 15 is 0 Å². The lowest BCUT2D eigenvalue weighted by molar-refractivity contribution is -0.176. The van der Waals surface area contributed by atoms with E-state index in [1.54, 1.807) is 18.2 Å². The minimum absolute atomic E-state index is 0.0149. The van der Waals surface area contributed by atoms with Crippen molar-refractivity contribution in [3.63, 3.8) is 0 Å². The van der Waals surface area contributed by atoms with Crippen LogP contribution in [0.25, 0.3) is 5.53 Å². The Balaban J connectivity index is 1.83. The second-order valence-electron chi connectivity index (χ2n) is 9.49. The molecule has 37 heavy (non-hydrogen) atoms. The zero-order chi connectivity index (χ0) is 27.1. The average Bonchev–Trinajstić information content (AvgIpc) is 3.00. The monoisotopic (exact) mass is 512 g/mol. The molecule has 4 amide bonds. The van der Waals surface area contributed by atoms with Crippen LogP contribution in [-0.4, -0.2) is 82.2 Å². The molecule has 0 unspecified atom stereocenters. The molecule has 2 N–H and O–H groups in total. The minimum atomic E-state index is -1.05. The van der Waals surface area contributed by atoms with E-state index in [-0.39, 0.29) is 43.2 Å². The molecule has 0 radical (unpaired) electrons. The van der Waals surface area contributed by atoms with Crippen LogP contribution >= 0.6 is 0 Å². The molecule has 2 fully saturated rings. The molecule has 2 saturated heterocycles. The Morgan fingerprint density at radius 1 is 1.24 bits per heavy atom. The summed E-state index contributed by atoms with van der Waals surface area (Å²) in [6.07, 6.45) is 1.87. The van der Waals surface area contributed by atoms with Gasteiger partial charge in [0.15, 0.2) is 0 Å². The highest BCUT2D eigenvalue weighted by Crippen LogP contribution is 2.25. The first-order valence-corrected chi connectivity index (χ1v) is 12.3. The van der Waals surface area contributed by atoms with Crippen LogP contribution in [0, 0.1) is 5.92 Å². The fourth-order valence-electron chi connectivity index (χ4n) is 4.54. The van der Waals surface area contributed by atoms with Gasteiger partial charge in [0.2, 0.25) is 11.8 Å². The number of carbonyl (C=O) groups is 5. The predicted molar refractivity (Wildman–Crippen MR) is 131 cm³/mol. The predicted octanol–water partition coefficient (Wildman–Crippen LogP) is 0.723. The fraction of sp³-hybridized carbons (Fsp3) is 0.520. The van der Waals surface area contributed by atoms with Crippen LogP contribution in [0.1, 0.15) is 56.3 Å². The molecule has 1 aromatic carbocycles. The van der Waals surface area contributed by atoms with Gasteiger partial charge in [0, 0.05) is 18.5 Å². The molecule has 12 nitrogen and oxygen atoms in total. The SMILES string of the molecule is COc1cccc(C(=O)N[C@H]2CCC(=O)N3CCC[C@@H](C(=O)N[C@@H](CC(C)C)C(=O)C=[N+]=[N-])N3C2=O)c1. The van der Waals surface area contributed by atoms with Gasteiger partial charge >= 0.3 is 6.21 Å². The Morgan fingerprint density at radius 2 is 2.00 bits per heavy atom. The minimum Gasteiger partial charge on any atom is -0.497 e. The van der Waals surface area contributed by atoms with Gasteiger partial charge in [0.1, 0.15) is 17.8 Å². The number of hydrogen-bond donors (Lipinski definition) is 2. The van der Waals surface area contributed by atoms with Crippen LogP contribution in [0.5, 0.6) is 5.75 Å². The summed E-state index contributed by atoms with van der Waals surface area (Å²) in [5.74, 6) is -2.08. The summed E-state index contributed by atoms with van der Waals surface area (Å²) >= 11 is 0. The molecule has 0 spiro atoms. The third-order valence-corrected chi connectivity index (χ3v) is 6.35. The van der Waals surface area contributed by atoms with Gasteiger partial charge in [-0.25, -0.2) is 5.01 Å². The van der Waals surface area contributed by atoms with Gasteiger partial charge in [-0.1, -0.05) is 19.9 Å². The first kappa shape index (κ1) is 27.5. The van der Waals surface area contributed by atoms with E-state index in [0.29, 0.717) is 18.6 Å². The van der Waals surface area contributed by atoms with Crippen molar-refractivity contribution in [3.8, 4) is 5.75 Å². The molecule has 0 aliphatic carbocycles. The molecule has 2 heterocycles. The number of Topliss-reactive ketones (excluding diaryl/α,β-unsaturated/α-hetero) is 1. The van der Waals surface area contributed by atoms with E-state index in [0.717, 1.165) is 11.2 Å². The highest BCUT2D eigenvalue weighted by Gasteiger charge is 2.45. The van der Waals surface area contributed by atoms with Crippen LogP contribution < -0.4 is 15.4 Å². The van der Waals surface area contributed by atoms with Gasteiger partial charge in [-0.15, -0.1) is 0 Å². The number of ether oxygens (including phenoxy) is 1. The maximum Gasteiger partial charge on any atom is 0.325 e. The Labute approximate surface area is 214 Å². The number of benzene rings is 1. The zero-order valence-electron chi connectivity index (χ0n) is 21.2. The van der Waals surface area contributed by atoms with Crippen LogP contribution in [0.15, 0.2) is 24.3 Å². The van der Waals surface area contributed by atoms with E-state index in [1.807, 2.05) is 13.8 Å². The summed E-state index contributed by atoms with van der Waals surface area (Å²) in [6, 6.07) is 3.41. The molecule has 12 heteroatoms. The fourth-order valence-corrected chi connectivity index (χ4v) is 4.54. The molecule has 0 bridgehead atoms. The summed E-state index contributed by atoms with van der Waals surface area (Å²) in [7, 11) is 1.48. The van der Waals surface area contributed by atoms with E-state index < -0.39 is 41.6 Å². The number of methoxy groups -OCH3 is 1. The van der Waals surface area contributed by atoms with Crippen molar-refractivity contribution in [1.82, 2.24) is 20.7 Å². The molecule has 198 valence electrons. The molecule has 3 atom stereocenters. The highest BCUT2D eigenvalue weighted by molar-refractivity contribution is 6.28. The highest BCUT2D eigenvalue weighted by atomic mass is 16.5. The maximum atomic E-state index is 13.6. The van der Waals surface area contributed by atoms with E-state index in [2.05, 4.69) is 15.4 Å². The van der Waals surface area contributed by atoms with Crippen molar-refractivity contribution < 1.29 is 33.5 Å². The number of nitrogens with zero attached hydrogens (tertiary/aromatic N) is 4. The lowest BCUT2D eigenvalue weighted by Crippen LogP contribution is -2.64.